The van der Waals surface area contributed by atoms with Gasteiger partial charge >= 0.3 is 0 Å². The first kappa shape index (κ1) is 12.9. The van der Waals surface area contributed by atoms with E-state index >= 15 is 0 Å². The number of hydrogen-bond donors (Lipinski definition) is 0. The van der Waals surface area contributed by atoms with Crippen molar-refractivity contribution < 1.29 is 4.74 Å². The van der Waals surface area contributed by atoms with Gasteiger partial charge in [0.15, 0.2) is 0 Å². The van der Waals surface area contributed by atoms with Gasteiger partial charge in [0.2, 0.25) is 0 Å². The number of hydrogen-bond acceptors (Lipinski definition) is 3. The minimum Gasteiger partial charge on any atom is -0.376 e. The summed E-state index contributed by atoms with van der Waals surface area (Å²) in [7, 11) is 0. The number of halogens is 2. The van der Waals surface area contributed by atoms with Crippen LogP contribution in [0.3, 0.4) is 0 Å². The Balaban J connectivity index is 2.09. The van der Waals surface area contributed by atoms with Crippen LogP contribution in [0, 0.1) is 6.92 Å². The largest absolute Gasteiger partial charge is 0.376 e. The van der Waals surface area contributed by atoms with Crippen LogP contribution in [0.1, 0.15) is 28.6 Å². The van der Waals surface area contributed by atoms with E-state index < -0.39 is 0 Å². The summed E-state index contributed by atoms with van der Waals surface area (Å²) in [5.41, 5.74) is 2.98. The monoisotopic (exact) mass is 294 g/mol. The molecule has 0 N–H and O–H groups in total. The minimum atomic E-state index is 0.0835. The Bertz CT molecular complexity index is 614. The molecule has 2 aromatic rings. The maximum atomic E-state index is 6.17. The topological polar surface area (TPSA) is 35.0 Å². The number of aromatic nitrogens is 2. The van der Waals surface area contributed by atoms with Gasteiger partial charge < -0.3 is 4.74 Å². The number of rotatable bonds is 1. The van der Waals surface area contributed by atoms with Crippen LogP contribution in [0.5, 0.6) is 0 Å². The molecule has 0 aliphatic carbocycles. The zero-order valence-electron chi connectivity index (χ0n) is 10.4. The third-order valence-corrected chi connectivity index (χ3v) is 3.80. The van der Waals surface area contributed by atoms with Gasteiger partial charge in [0.25, 0.3) is 0 Å². The molecule has 0 bridgehead atoms. The van der Waals surface area contributed by atoms with Crippen LogP contribution in [0.4, 0.5) is 0 Å². The van der Waals surface area contributed by atoms with Gasteiger partial charge in [-0.3, -0.25) is 0 Å². The summed E-state index contributed by atoms with van der Waals surface area (Å²) in [6.07, 6.45) is 0. The van der Waals surface area contributed by atoms with Gasteiger partial charge in [0.05, 0.1) is 24.8 Å². The normalized spacial score (nSPS) is 18.2. The molecule has 1 atom stereocenters. The highest BCUT2D eigenvalue weighted by molar-refractivity contribution is 6.30. The third-order valence-electron chi connectivity index (χ3n) is 3.23. The van der Waals surface area contributed by atoms with Crippen LogP contribution in [-0.4, -0.2) is 16.6 Å². The lowest BCUT2D eigenvalue weighted by Gasteiger charge is -2.25. The number of fused-ring (bicyclic) bond motifs is 1. The Morgan fingerprint density at radius 1 is 1.16 bits per heavy atom. The smallest absolute Gasteiger partial charge is 0.138 e. The molecule has 0 saturated carbocycles. The lowest BCUT2D eigenvalue weighted by molar-refractivity contribution is 0.0972. The zero-order chi connectivity index (χ0) is 13.4. The molecule has 1 aliphatic rings. The van der Waals surface area contributed by atoms with Gasteiger partial charge in [0.1, 0.15) is 11.0 Å². The molecule has 0 amide bonds. The molecule has 0 saturated heterocycles. The Hall–Kier alpha value is -1.16. The van der Waals surface area contributed by atoms with Crippen LogP contribution in [0.25, 0.3) is 0 Å². The maximum absolute atomic E-state index is 6.17. The Morgan fingerprint density at radius 3 is 2.63 bits per heavy atom. The molecule has 1 aromatic heterocycles. The lowest BCUT2D eigenvalue weighted by atomic mass is 9.92. The van der Waals surface area contributed by atoms with Gasteiger partial charge in [-0.25, -0.2) is 9.97 Å². The number of nitrogens with zero attached hydrogens (tertiary/aromatic N) is 2. The summed E-state index contributed by atoms with van der Waals surface area (Å²) >= 11 is 12.1. The summed E-state index contributed by atoms with van der Waals surface area (Å²) in [4.78, 5) is 8.73. The van der Waals surface area contributed by atoms with E-state index in [2.05, 4.69) is 9.97 Å². The predicted molar refractivity (Wildman–Crippen MR) is 74.7 cm³/mol. The van der Waals surface area contributed by atoms with Crippen molar-refractivity contribution in [2.75, 3.05) is 6.61 Å². The van der Waals surface area contributed by atoms with Gasteiger partial charge in [-0.05, 0) is 24.6 Å². The SMILES string of the molecule is Cc1nc(Cl)c2c(n1)C(c1ccc(Cl)cc1)COC2. The highest BCUT2D eigenvalue weighted by atomic mass is 35.5. The first-order chi connectivity index (χ1) is 9.15. The summed E-state index contributed by atoms with van der Waals surface area (Å²) < 4.78 is 5.62. The van der Waals surface area contributed by atoms with E-state index in [4.69, 9.17) is 27.9 Å². The average Bonchev–Trinajstić information content (AvgIpc) is 2.39. The Kier molecular flexibility index (Phi) is 3.44. The molecule has 0 fully saturated rings. The van der Waals surface area contributed by atoms with Crippen molar-refractivity contribution in [3.8, 4) is 0 Å². The molecule has 19 heavy (non-hydrogen) atoms. The second-order valence-electron chi connectivity index (χ2n) is 4.54. The minimum absolute atomic E-state index is 0.0835. The van der Waals surface area contributed by atoms with Crippen molar-refractivity contribution in [1.82, 2.24) is 9.97 Å². The molecule has 1 unspecified atom stereocenters. The molecule has 3 nitrogen and oxygen atoms in total. The standard InChI is InChI=1S/C14H12Cl2N2O/c1-8-17-13-11(9-2-4-10(15)5-3-9)6-19-7-12(13)14(16)18-8/h2-5,11H,6-7H2,1H3. The van der Waals surface area contributed by atoms with Crippen molar-refractivity contribution in [2.24, 2.45) is 0 Å². The average molecular weight is 295 g/mol. The lowest BCUT2D eigenvalue weighted by Crippen LogP contribution is -2.21. The molecule has 5 heteroatoms. The highest BCUT2D eigenvalue weighted by Gasteiger charge is 2.26. The van der Waals surface area contributed by atoms with E-state index in [0.29, 0.717) is 24.2 Å². The van der Waals surface area contributed by atoms with E-state index in [-0.39, 0.29) is 5.92 Å². The van der Waals surface area contributed by atoms with Crippen LogP contribution in [-0.2, 0) is 11.3 Å². The van der Waals surface area contributed by atoms with Gasteiger partial charge in [-0.1, -0.05) is 35.3 Å². The summed E-state index contributed by atoms with van der Waals surface area (Å²) in [6, 6.07) is 7.75. The third kappa shape index (κ3) is 2.46. The van der Waals surface area contributed by atoms with Crippen molar-refractivity contribution in [2.45, 2.75) is 19.4 Å². The van der Waals surface area contributed by atoms with Crippen molar-refractivity contribution >= 4 is 23.2 Å². The van der Waals surface area contributed by atoms with Crippen LogP contribution in [0.2, 0.25) is 10.2 Å². The molecule has 1 aromatic carbocycles. The second-order valence-corrected chi connectivity index (χ2v) is 5.34. The maximum Gasteiger partial charge on any atom is 0.138 e. The van der Waals surface area contributed by atoms with Crippen molar-refractivity contribution in [3.05, 3.63) is 57.1 Å². The fourth-order valence-electron chi connectivity index (χ4n) is 2.31. The van der Waals surface area contributed by atoms with Crippen LogP contribution in [0.15, 0.2) is 24.3 Å². The first-order valence-electron chi connectivity index (χ1n) is 6.01. The highest BCUT2D eigenvalue weighted by Crippen LogP contribution is 2.34. The van der Waals surface area contributed by atoms with E-state index in [1.807, 2.05) is 31.2 Å². The molecule has 0 spiro atoms. The zero-order valence-corrected chi connectivity index (χ0v) is 11.9. The van der Waals surface area contributed by atoms with Crippen LogP contribution < -0.4 is 0 Å². The number of benzene rings is 1. The molecule has 1 aliphatic heterocycles. The van der Waals surface area contributed by atoms with Gasteiger partial charge in [0, 0.05) is 10.6 Å². The predicted octanol–water partition coefficient (Wildman–Crippen LogP) is 3.75. The van der Waals surface area contributed by atoms with E-state index in [1.165, 1.54) is 0 Å². The molecule has 0 radical (unpaired) electrons. The summed E-state index contributed by atoms with van der Waals surface area (Å²) in [6.45, 7) is 2.92. The second kappa shape index (κ2) is 5.08. The summed E-state index contributed by atoms with van der Waals surface area (Å²) in [5, 5.41) is 1.21. The fraction of sp³-hybridized carbons (Fsp3) is 0.286. The number of ether oxygens (including phenoxy) is 1. The quantitative estimate of drug-likeness (QED) is 0.751. The Labute approximate surface area is 121 Å². The Morgan fingerprint density at radius 2 is 1.89 bits per heavy atom. The molecule has 3 rings (SSSR count). The molecule has 98 valence electrons. The van der Waals surface area contributed by atoms with E-state index in [1.54, 1.807) is 0 Å². The van der Waals surface area contributed by atoms with Gasteiger partial charge in [-0.2, -0.15) is 0 Å². The van der Waals surface area contributed by atoms with Gasteiger partial charge in [-0.15, -0.1) is 0 Å². The van der Waals surface area contributed by atoms with Crippen LogP contribution >= 0.6 is 23.2 Å². The van der Waals surface area contributed by atoms with E-state index in [9.17, 15) is 0 Å². The molecule has 2 heterocycles. The van der Waals surface area contributed by atoms with E-state index in [0.717, 1.165) is 21.8 Å². The van der Waals surface area contributed by atoms with Crippen molar-refractivity contribution in [3.63, 3.8) is 0 Å². The number of aryl methyl sites for hydroxylation is 1. The molecular formula is C14H12Cl2N2O. The fourth-order valence-corrected chi connectivity index (χ4v) is 2.71. The first-order valence-corrected chi connectivity index (χ1v) is 6.77. The molecular weight excluding hydrogens is 283 g/mol. The van der Waals surface area contributed by atoms with Crippen molar-refractivity contribution in [1.29, 1.82) is 0 Å². The summed E-state index contributed by atoms with van der Waals surface area (Å²) in [5.74, 6) is 0.768.